The number of oxime groups is 1. The van der Waals surface area contributed by atoms with Crippen LogP contribution < -0.4 is 5.73 Å². The van der Waals surface area contributed by atoms with Crippen molar-refractivity contribution in [2.24, 2.45) is 23.9 Å². The maximum atomic E-state index is 8.54. The Bertz CT molecular complexity index is 361. The number of nitrogens with zero attached hydrogens (tertiary/aromatic N) is 5. The molecule has 16 heavy (non-hydrogen) atoms. The molecule has 7 nitrogen and oxygen atoms in total. The van der Waals surface area contributed by atoms with E-state index in [1.807, 2.05) is 25.9 Å². The fourth-order valence-electron chi connectivity index (χ4n) is 1.43. The molecule has 1 aromatic heterocycles. The molecule has 90 valence electrons. The summed E-state index contributed by atoms with van der Waals surface area (Å²) in [7, 11) is 3.80. The first kappa shape index (κ1) is 12.4. The first-order valence-electron chi connectivity index (χ1n) is 5.03. The van der Waals surface area contributed by atoms with Crippen molar-refractivity contribution in [1.29, 1.82) is 0 Å². The maximum Gasteiger partial charge on any atom is 0.143 e. The highest BCUT2D eigenvalue weighted by Crippen LogP contribution is 2.02. The van der Waals surface area contributed by atoms with Crippen LogP contribution in [0.5, 0.6) is 0 Å². The number of aryl methyl sites for hydroxylation is 1. The molecular formula is C9H18N6O. The zero-order valence-corrected chi connectivity index (χ0v) is 9.83. The van der Waals surface area contributed by atoms with Gasteiger partial charge < -0.3 is 10.9 Å². The van der Waals surface area contributed by atoms with Gasteiger partial charge in [-0.05, 0) is 7.05 Å². The molecule has 0 aliphatic heterocycles. The van der Waals surface area contributed by atoms with E-state index in [1.165, 1.54) is 6.33 Å². The summed E-state index contributed by atoms with van der Waals surface area (Å²) in [6.45, 7) is 3.28. The Morgan fingerprint density at radius 2 is 2.44 bits per heavy atom. The van der Waals surface area contributed by atoms with Gasteiger partial charge in [0.05, 0.1) is 6.54 Å². The Hall–Kier alpha value is -1.63. The van der Waals surface area contributed by atoms with Gasteiger partial charge >= 0.3 is 0 Å². The van der Waals surface area contributed by atoms with Crippen molar-refractivity contribution in [3.8, 4) is 0 Å². The smallest absolute Gasteiger partial charge is 0.143 e. The van der Waals surface area contributed by atoms with Gasteiger partial charge in [0.1, 0.15) is 18.0 Å². The number of rotatable bonds is 5. The normalized spacial score (nSPS) is 14.4. The fraction of sp³-hybridized carbons (Fsp3) is 0.667. The molecule has 0 aromatic carbocycles. The van der Waals surface area contributed by atoms with Gasteiger partial charge in [0.2, 0.25) is 0 Å². The van der Waals surface area contributed by atoms with E-state index >= 15 is 0 Å². The topological polar surface area (TPSA) is 92.6 Å². The summed E-state index contributed by atoms with van der Waals surface area (Å²) in [5, 5.41) is 15.5. The summed E-state index contributed by atoms with van der Waals surface area (Å²) in [5.74, 6) is 1.13. The molecule has 0 aliphatic carbocycles. The van der Waals surface area contributed by atoms with Crippen LogP contribution in [0.1, 0.15) is 12.7 Å². The number of hydrogen-bond acceptors (Lipinski definition) is 5. The van der Waals surface area contributed by atoms with E-state index in [2.05, 4.69) is 15.2 Å². The molecule has 0 saturated carbocycles. The van der Waals surface area contributed by atoms with E-state index in [0.717, 1.165) is 5.82 Å². The highest BCUT2D eigenvalue weighted by Gasteiger charge is 2.12. The number of aromatic nitrogens is 3. The Morgan fingerprint density at radius 1 is 1.75 bits per heavy atom. The minimum atomic E-state index is 0.00299. The van der Waals surface area contributed by atoms with E-state index in [4.69, 9.17) is 10.9 Å². The van der Waals surface area contributed by atoms with E-state index in [9.17, 15) is 0 Å². The van der Waals surface area contributed by atoms with Crippen LogP contribution >= 0.6 is 0 Å². The van der Waals surface area contributed by atoms with Crippen molar-refractivity contribution in [3.05, 3.63) is 12.2 Å². The van der Waals surface area contributed by atoms with E-state index < -0.39 is 0 Å². The van der Waals surface area contributed by atoms with Crippen molar-refractivity contribution in [2.45, 2.75) is 13.5 Å². The number of nitrogens with two attached hydrogens (primary N) is 1. The van der Waals surface area contributed by atoms with Crippen LogP contribution in [0.2, 0.25) is 0 Å². The molecule has 0 fully saturated rings. The molecule has 0 amide bonds. The number of amidine groups is 1. The van der Waals surface area contributed by atoms with Gasteiger partial charge in [-0.3, -0.25) is 9.58 Å². The van der Waals surface area contributed by atoms with Crippen LogP contribution in [0.15, 0.2) is 11.5 Å². The van der Waals surface area contributed by atoms with E-state index in [-0.39, 0.29) is 11.8 Å². The van der Waals surface area contributed by atoms with Crippen LogP contribution in [0, 0.1) is 5.92 Å². The molecule has 0 bridgehead atoms. The van der Waals surface area contributed by atoms with Crippen molar-refractivity contribution in [1.82, 2.24) is 19.7 Å². The second-order valence-electron chi connectivity index (χ2n) is 3.92. The highest BCUT2D eigenvalue weighted by atomic mass is 16.4. The van der Waals surface area contributed by atoms with Crippen molar-refractivity contribution in [3.63, 3.8) is 0 Å². The minimum Gasteiger partial charge on any atom is -0.409 e. The van der Waals surface area contributed by atoms with Crippen LogP contribution in [0.25, 0.3) is 0 Å². The molecule has 7 heteroatoms. The van der Waals surface area contributed by atoms with Gasteiger partial charge in [0.15, 0.2) is 0 Å². The minimum absolute atomic E-state index is 0.00299. The Morgan fingerprint density at radius 3 is 2.94 bits per heavy atom. The first-order chi connectivity index (χ1) is 7.54. The average molecular weight is 226 g/mol. The summed E-state index contributed by atoms with van der Waals surface area (Å²) < 4.78 is 1.73. The van der Waals surface area contributed by atoms with Gasteiger partial charge in [0, 0.05) is 19.5 Å². The van der Waals surface area contributed by atoms with E-state index in [0.29, 0.717) is 13.1 Å². The quantitative estimate of drug-likeness (QED) is 0.309. The molecular weight excluding hydrogens is 208 g/mol. The molecule has 1 atom stereocenters. The molecule has 0 radical (unpaired) electrons. The maximum absolute atomic E-state index is 8.54. The second-order valence-corrected chi connectivity index (χ2v) is 3.92. The average Bonchev–Trinajstić information content (AvgIpc) is 2.63. The SMILES string of the molecule is CC(CN(C)Cc1ncnn1C)C(N)=NO. The zero-order valence-electron chi connectivity index (χ0n) is 9.83. The fourth-order valence-corrected chi connectivity index (χ4v) is 1.43. The monoisotopic (exact) mass is 226 g/mol. The largest absolute Gasteiger partial charge is 0.409 e. The molecule has 1 aromatic rings. The Balaban J connectivity index is 2.48. The highest BCUT2D eigenvalue weighted by molar-refractivity contribution is 5.82. The van der Waals surface area contributed by atoms with Crippen molar-refractivity contribution >= 4 is 5.84 Å². The molecule has 0 saturated heterocycles. The third-order valence-electron chi connectivity index (χ3n) is 2.42. The standard InChI is InChI=1S/C9H18N6O/c1-7(9(10)13-16)4-14(2)5-8-11-6-12-15(8)3/h6-7,16H,4-5H2,1-3H3,(H2,10,13). The molecule has 0 aliphatic rings. The van der Waals surface area contributed by atoms with Crippen LogP contribution in [0.3, 0.4) is 0 Å². The summed E-state index contributed by atoms with van der Waals surface area (Å²) >= 11 is 0. The van der Waals surface area contributed by atoms with Gasteiger partial charge in [-0.1, -0.05) is 12.1 Å². The lowest BCUT2D eigenvalue weighted by molar-refractivity contribution is 0.283. The molecule has 3 N–H and O–H groups in total. The number of hydrogen-bond donors (Lipinski definition) is 2. The van der Waals surface area contributed by atoms with Gasteiger partial charge in [0.25, 0.3) is 0 Å². The van der Waals surface area contributed by atoms with E-state index in [1.54, 1.807) is 4.68 Å². The summed E-state index contributed by atoms with van der Waals surface area (Å²) in [5.41, 5.74) is 5.51. The summed E-state index contributed by atoms with van der Waals surface area (Å²) in [6, 6.07) is 0. The van der Waals surface area contributed by atoms with Crippen LogP contribution in [-0.4, -0.2) is 44.3 Å². The lowest BCUT2D eigenvalue weighted by atomic mass is 10.1. The predicted molar refractivity (Wildman–Crippen MR) is 59.9 cm³/mol. The zero-order chi connectivity index (χ0) is 12.1. The third-order valence-corrected chi connectivity index (χ3v) is 2.42. The van der Waals surface area contributed by atoms with Gasteiger partial charge in [-0.25, -0.2) is 4.98 Å². The summed E-state index contributed by atoms with van der Waals surface area (Å²) in [6.07, 6.45) is 1.52. The lowest BCUT2D eigenvalue weighted by Crippen LogP contribution is -2.33. The molecule has 1 rings (SSSR count). The predicted octanol–water partition coefficient (Wildman–Crippen LogP) is -0.371. The first-order valence-corrected chi connectivity index (χ1v) is 5.03. The molecule has 1 unspecified atom stereocenters. The Kier molecular flexibility index (Phi) is 4.24. The Labute approximate surface area is 94.6 Å². The van der Waals surface area contributed by atoms with Crippen LogP contribution in [-0.2, 0) is 13.6 Å². The molecule has 0 spiro atoms. The van der Waals surface area contributed by atoms with Crippen molar-refractivity contribution < 1.29 is 5.21 Å². The van der Waals surface area contributed by atoms with Gasteiger partial charge in [-0.2, -0.15) is 5.10 Å². The van der Waals surface area contributed by atoms with Crippen LogP contribution in [0.4, 0.5) is 0 Å². The lowest BCUT2D eigenvalue weighted by Gasteiger charge is -2.19. The second kappa shape index (κ2) is 5.45. The van der Waals surface area contributed by atoms with Crippen molar-refractivity contribution in [2.75, 3.05) is 13.6 Å². The molecule has 1 heterocycles. The van der Waals surface area contributed by atoms with Gasteiger partial charge in [-0.15, -0.1) is 0 Å². The summed E-state index contributed by atoms with van der Waals surface area (Å²) in [4.78, 5) is 6.18. The third kappa shape index (κ3) is 3.20.